The van der Waals surface area contributed by atoms with Crippen molar-refractivity contribution in [1.82, 2.24) is 0 Å². The quantitative estimate of drug-likeness (QED) is 0.0199. The SMILES string of the molecule is CC/C=C\C/C=C\C/C=C\C/C=C\CCCCCC(=O)OC(COC(=O)CCCCCCC\C=C/C=C\C=C/C=C\CCCCC)COC(=O)CCCCCCC/C=C\CCCCCCCCC. The number of hydrogen-bond acceptors (Lipinski definition) is 6. The van der Waals surface area contributed by atoms with E-state index in [0.717, 1.165) is 128 Å². The molecule has 0 aromatic rings. The molecule has 1 atom stereocenters. The van der Waals surface area contributed by atoms with Crippen molar-refractivity contribution >= 4 is 17.9 Å². The summed E-state index contributed by atoms with van der Waals surface area (Å²) < 4.78 is 16.8. The van der Waals surface area contributed by atoms with Gasteiger partial charge in [-0.05, 0) is 109 Å². The van der Waals surface area contributed by atoms with Crippen LogP contribution < -0.4 is 0 Å². The van der Waals surface area contributed by atoms with Gasteiger partial charge in [0.1, 0.15) is 13.2 Å². The molecule has 6 nitrogen and oxygen atoms in total. The van der Waals surface area contributed by atoms with Crippen molar-refractivity contribution in [3.63, 3.8) is 0 Å². The van der Waals surface area contributed by atoms with Crippen LogP contribution in [-0.2, 0) is 28.6 Å². The molecule has 0 aromatic carbocycles. The van der Waals surface area contributed by atoms with Crippen molar-refractivity contribution < 1.29 is 28.6 Å². The number of ether oxygens (including phenoxy) is 3. The fraction of sp³-hybridized carbons (Fsp3) is 0.661. The van der Waals surface area contributed by atoms with Gasteiger partial charge in [0.15, 0.2) is 6.10 Å². The molecule has 0 heterocycles. The molecule has 0 aliphatic rings. The van der Waals surface area contributed by atoms with Crippen molar-refractivity contribution in [1.29, 1.82) is 0 Å². The van der Waals surface area contributed by atoms with E-state index in [1.165, 1.54) is 77.0 Å². The summed E-state index contributed by atoms with van der Waals surface area (Å²) in [7, 11) is 0. The highest BCUT2D eigenvalue weighted by atomic mass is 16.6. The Balaban J connectivity index is 4.52. The number of hydrogen-bond donors (Lipinski definition) is 0. The lowest BCUT2D eigenvalue weighted by atomic mass is 10.1. The molecule has 0 rings (SSSR count). The molecule has 0 aliphatic carbocycles. The molecule has 0 spiro atoms. The van der Waals surface area contributed by atoms with Gasteiger partial charge in [0, 0.05) is 19.3 Å². The Kier molecular flexibility index (Phi) is 52.4. The first-order valence-electron chi connectivity index (χ1n) is 27.9. The third kappa shape index (κ3) is 53.0. The Hall–Kier alpha value is -3.93. The lowest BCUT2D eigenvalue weighted by Gasteiger charge is -2.18. The van der Waals surface area contributed by atoms with Crippen LogP contribution in [-0.4, -0.2) is 37.2 Å². The standard InChI is InChI=1S/C62H102O6/c1-4-7-10-13-16-19-22-25-28-31-32-35-37-40-43-46-49-52-55-61(64)67-58-59(68-62(65)56-53-50-47-44-41-38-34-30-27-24-21-18-15-12-9-6-3)57-66-60(63)54-51-48-45-42-39-36-33-29-26-23-20-17-14-11-8-5-2/h9,12,16,18-19,21-22,25,27-33,35,38,41,59H,4-8,10-11,13-15,17,20,23-24,26,34,36-37,39-40,42-58H2,1-3H3/b12-9-,19-16-,21-18-,25-22-,30-27-,31-28-,33-29-,35-32-,41-38-. The van der Waals surface area contributed by atoms with E-state index < -0.39 is 6.10 Å². The number of unbranched alkanes of at least 4 members (excludes halogenated alkanes) is 23. The summed E-state index contributed by atoms with van der Waals surface area (Å²) in [5.74, 6) is -0.968. The van der Waals surface area contributed by atoms with Gasteiger partial charge in [-0.25, -0.2) is 0 Å². The second kappa shape index (κ2) is 55.7. The highest BCUT2D eigenvalue weighted by Gasteiger charge is 2.19. The first-order chi connectivity index (χ1) is 33.5. The Morgan fingerprint density at radius 2 is 0.632 bits per heavy atom. The molecule has 386 valence electrons. The third-order valence-electron chi connectivity index (χ3n) is 11.6. The van der Waals surface area contributed by atoms with E-state index in [0.29, 0.717) is 12.8 Å². The van der Waals surface area contributed by atoms with Crippen molar-refractivity contribution in [2.24, 2.45) is 0 Å². The summed E-state index contributed by atoms with van der Waals surface area (Å²) in [6, 6.07) is 0. The Morgan fingerprint density at radius 1 is 0.324 bits per heavy atom. The average Bonchev–Trinajstić information content (AvgIpc) is 3.34. The predicted octanol–water partition coefficient (Wildman–Crippen LogP) is 18.7. The van der Waals surface area contributed by atoms with Crippen molar-refractivity contribution in [2.45, 2.75) is 252 Å². The number of carbonyl (C=O) groups is 3. The molecule has 6 heteroatoms. The fourth-order valence-electron chi connectivity index (χ4n) is 7.38. The highest BCUT2D eigenvalue weighted by molar-refractivity contribution is 5.71. The van der Waals surface area contributed by atoms with Gasteiger partial charge in [-0.2, -0.15) is 0 Å². The number of allylic oxidation sites excluding steroid dienone is 18. The lowest BCUT2D eigenvalue weighted by Crippen LogP contribution is -2.30. The van der Waals surface area contributed by atoms with E-state index in [1.54, 1.807) is 0 Å². The monoisotopic (exact) mass is 943 g/mol. The second-order valence-corrected chi connectivity index (χ2v) is 18.2. The summed E-state index contributed by atoms with van der Waals surface area (Å²) in [6.45, 7) is 6.43. The van der Waals surface area contributed by atoms with Crippen LogP contribution in [0.5, 0.6) is 0 Å². The van der Waals surface area contributed by atoms with Gasteiger partial charge in [0.2, 0.25) is 0 Å². The molecule has 0 N–H and O–H groups in total. The minimum atomic E-state index is -0.810. The van der Waals surface area contributed by atoms with Gasteiger partial charge in [-0.3, -0.25) is 14.4 Å². The molecule has 0 bridgehead atoms. The molecule has 68 heavy (non-hydrogen) atoms. The maximum absolute atomic E-state index is 12.8. The Bertz CT molecular complexity index is 1410. The van der Waals surface area contributed by atoms with E-state index in [2.05, 4.69) is 130 Å². The highest BCUT2D eigenvalue weighted by Crippen LogP contribution is 2.13. The van der Waals surface area contributed by atoms with E-state index in [4.69, 9.17) is 14.2 Å². The zero-order valence-electron chi connectivity index (χ0n) is 44.1. The van der Waals surface area contributed by atoms with E-state index in [9.17, 15) is 14.4 Å². The number of esters is 3. The van der Waals surface area contributed by atoms with Crippen LogP contribution in [0.4, 0.5) is 0 Å². The zero-order valence-corrected chi connectivity index (χ0v) is 44.1. The van der Waals surface area contributed by atoms with Gasteiger partial charge in [-0.1, -0.05) is 226 Å². The number of carbonyl (C=O) groups excluding carboxylic acids is 3. The first kappa shape index (κ1) is 64.1. The van der Waals surface area contributed by atoms with Crippen molar-refractivity contribution in [2.75, 3.05) is 13.2 Å². The van der Waals surface area contributed by atoms with Crippen LogP contribution in [0.2, 0.25) is 0 Å². The topological polar surface area (TPSA) is 78.9 Å². The minimum Gasteiger partial charge on any atom is -0.462 e. The molecule has 0 aliphatic heterocycles. The van der Waals surface area contributed by atoms with Crippen molar-refractivity contribution in [3.8, 4) is 0 Å². The largest absolute Gasteiger partial charge is 0.462 e. The molecular weight excluding hydrogens is 841 g/mol. The lowest BCUT2D eigenvalue weighted by molar-refractivity contribution is -0.167. The van der Waals surface area contributed by atoms with Crippen LogP contribution in [0.3, 0.4) is 0 Å². The molecule has 0 radical (unpaired) electrons. The van der Waals surface area contributed by atoms with Crippen LogP contribution in [0.25, 0.3) is 0 Å². The summed E-state index contributed by atoms with van der Waals surface area (Å²) in [4.78, 5) is 38.1. The summed E-state index contributed by atoms with van der Waals surface area (Å²) in [5.41, 5.74) is 0. The van der Waals surface area contributed by atoms with E-state index in [1.807, 2.05) is 0 Å². The van der Waals surface area contributed by atoms with Crippen LogP contribution >= 0.6 is 0 Å². The minimum absolute atomic E-state index is 0.105. The molecule has 0 fully saturated rings. The molecule has 0 amide bonds. The predicted molar refractivity (Wildman–Crippen MR) is 293 cm³/mol. The number of rotatable bonds is 49. The molecule has 0 aromatic heterocycles. The van der Waals surface area contributed by atoms with Gasteiger partial charge < -0.3 is 14.2 Å². The normalized spacial score (nSPS) is 12.9. The zero-order chi connectivity index (χ0) is 49.3. The van der Waals surface area contributed by atoms with Crippen LogP contribution in [0.1, 0.15) is 245 Å². The smallest absolute Gasteiger partial charge is 0.306 e. The molecular formula is C62H102O6. The van der Waals surface area contributed by atoms with E-state index >= 15 is 0 Å². The fourth-order valence-corrected chi connectivity index (χ4v) is 7.38. The first-order valence-corrected chi connectivity index (χ1v) is 27.9. The van der Waals surface area contributed by atoms with Gasteiger partial charge >= 0.3 is 17.9 Å². The van der Waals surface area contributed by atoms with Gasteiger partial charge in [0.05, 0.1) is 0 Å². The average molecular weight is 943 g/mol. The molecule has 0 saturated heterocycles. The molecule has 1 unspecified atom stereocenters. The van der Waals surface area contributed by atoms with Crippen molar-refractivity contribution in [3.05, 3.63) is 109 Å². The van der Waals surface area contributed by atoms with E-state index in [-0.39, 0.29) is 37.5 Å². The second-order valence-electron chi connectivity index (χ2n) is 18.2. The summed E-state index contributed by atoms with van der Waals surface area (Å²) >= 11 is 0. The summed E-state index contributed by atoms with van der Waals surface area (Å²) in [6.07, 6.45) is 74.9. The van der Waals surface area contributed by atoms with Crippen LogP contribution in [0, 0.1) is 0 Å². The Labute approximate surface area is 419 Å². The van der Waals surface area contributed by atoms with Crippen LogP contribution in [0.15, 0.2) is 109 Å². The molecule has 0 saturated carbocycles. The Morgan fingerprint density at radius 3 is 1.09 bits per heavy atom. The maximum Gasteiger partial charge on any atom is 0.306 e. The van der Waals surface area contributed by atoms with Gasteiger partial charge in [0.25, 0.3) is 0 Å². The summed E-state index contributed by atoms with van der Waals surface area (Å²) in [5, 5.41) is 0. The van der Waals surface area contributed by atoms with Gasteiger partial charge in [-0.15, -0.1) is 0 Å². The third-order valence-corrected chi connectivity index (χ3v) is 11.6. The maximum atomic E-state index is 12.8.